The van der Waals surface area contributed by atoms with Crippen molar-refractivity contribution in [3.8, 4) is 11.1 Å². The molecule has 0 saturated heterocycles. The van der Waals surface area contributed by atoms with Gasteiger partial charge in [-0.2, -0.15) is 13.2 Å². The van der Waals surface area contributed by atoms with Crippen molar-refractivity contribution in [2.75, 3.05) is 0 Å². The van der Waals surface area contributed by atoms with Gasteiger partial charge >= 0.3 is 6.18 Å². The number of pyridine rings is 1. The summed E-state index contributed by atoms with van der Waals surface area (Å²) < 4.78 is 37.5. The van der Waals surface area contributed by atoms with Crippen LogP contribution in [0.15, 0.2) is 42.7 Å². The third-order valence-corrected chi connectivity index (χ3v) is 2.50. The Kier molecular flexibility index (Phi) is 3.07. The number of benzene rings is 1. The van der Waals surface area contributed by atoms with Gasteiger partial charge in [-0.15, -0.1) is 0 Å². The van der Waals surface area contributed by atoms with Crippen molar-refractivity contribution in [3.63, 3.8) is 0 Å². The summed E-state index contributed by atoms with van der Waals surface area (Å²) in [7, 11) is 0. The molecular weight excluding hydrogens is 251 g/mol. The molecule has 0 radical (unpaired) electrons. The molecule has 0 unspecified atom stereocenters. The van der Waals surface area contributed by atoms with Crippen molar-refractivity contribution in [3.05, 3.63) is 53.3 Å². The molecule has 1 nitrogen and oxygen atoms in total. The molecule has 0 saturated carbocycles. The van der Waals surface area contributed by atoms with E-state index >= 15 is 0 Å². The van der Waals surface area contributed by atoms with Gasteiger partial charge in [-0.3, -0.25) is 4.98 Å². The van der Waals surface area contributed by atoms with E-state index in [0.717, 1.165) is 12.3 Å². The summed E-state index contributed by atoms with van der Waals surface area (Å²) in [5.41, 5.74) is 0.300. The molecule has 0 atom stereocenters. The number of rotatable bonds is 1. The third-order valence-electron chi connectivity index (χ3n) is 2.24. The topological polar surface area (TPSA) is 12.9 Å². The highest BCUT2D eigenvalue weighted by Crippen LogP contribution is 2.31. The highest BCUT2D eigenvalue weighted by atomic mass is 35.5. The Morgan fingerprint density at radius 3 is 2.18 bits per heavy atom. The molecule has 1 heterocycles. The lowest BCUT2D eigenvalue weighted by atomic mass is 10.1. The van der Waals surface area contributed by atoms with Crippen molar-refractivity contribution in [1.82, 2.24) is 4.98 Å². The second kappa shape index (κ2) is 4.37. The number of nitrogens with zero attached hydrogens (tertiary/aromatic N) is 1. The molecule has 0 N–H and O–H groups in total. The van der Waals surface area contributed by atoms with Crippen molar-refractivity contribution >= 4 is 11.6 Å². The van der Waals surface area contributed by atoms with E-state index in [1.807, 2.05) is 0 Å². The molecule has 0 aliphatic rings. The van der Waals surface area contributed by atoms with E-state index in [4.69, 9.17) is 11.6 Å². The molecule has 1 aromatic carbocycles. The summed E-state index contributed by atoms with van der Waals surface area (Å²) in [4.78, 5) is 3.60. The minimum atomic E-state index is -4.38. The average molecular weight is 258 g/mol. The molecule has 0 aliphatic carbocycles. The number of aromatic nitrogens is 1. The Morgan fingerprint density at radius 2 is 1.59 bits per heavy atom. The Bertz CT molecular complexity index is 520. The number of hydrogen-bond donors (Lipinski definition) is 0. The molecule has 5 heteroatoms. The quantitative estimate of drug-likeness (QED) is 0.737. The van der Waals surface area contributed by atoms with Crippen molar-refractivity contribution in [2.45, 2.75) is 6.18 Å². The van der Waals surface area contributed by atoms with Crippen LogP contribution in [-0.4, -0.2) is 4.98 Å². The van der Waals surface area contributed by atoms with Crippen LogP contribution in [0.4, 0.5) is 13.2 Å². The molecule has 1 aromatic heterocycles. The van der Waals surface area contributed by atoms with Gasteiger partial charge in [0.2, 0.25) is 0 Å². The lowest BCUT2D eigenvalue weighted by Gasteiger charge is -2.08. The van der Waals surface area contributed by atoms with Gasteiger partial charge in [0.05, 0.1) is 5.56 Å². The Morgan fingerprint density at radius 1 is 0.941 bits per heavy atom. The Hall–Kier alpha value is -1.55. The van der Waals surface area contributed by atoms with Crippen LogP contribution >= 0.6 is 11.6 Å². The highest BCUT2D eigenvalue weighted by Gasteiger charge is 2.31. The zero-order chi connectivity index (χ0) is 12.5. The highest BCUT2D eigenvalue weighted by molar-refractivity contribution is 6.30. The SMILES string of the molecule is FC(F)(F)c1cncc(-c2ccc(Cl)cc2)c1. The van der Waals surface area contributed by atoms with E-state index in [2.05, 4.69) is 4.98 Å². The molecule has 0 fully saturated rings. The summed E-state index contributed by atoms with van der Waals surface area (Å²) in [6.07, 6.45) is -2.19. The van der Waals surface area contributed by atoms with Crippen LogP contribution in [0.1, 0.15) is 5.56 Å². The maximum absolute atomic E-state index is 12.5. The van der Waals surface area contributed by atoms with E-state index < -0.39 is 11.7 Å². The smallest absolute Gasteiger partial charge is 0.263 e. The first-order valence-electron chi connectivity index (χ1n) is 4.75. The molecule has 0 bridgehead atoms. The minimum absolute atomic E-state index is 0.413. The van der Waals surface area contributed by atoms with E-state index in [0.29, 0.717) is 16.1 Å². The first-order chi connectivity index (χ1) is 7.97. The summed E-state index contributed by atoms with van der Waals surface area (Å²) in [5.74, 6) is 0. The molecule has 0 aliphatic heterocycles. The van der Waals surface area contributed by atoms with Gasteiger partial charge in [-0.1, -0.05) is 23.7 Å². The van der Waals surface area contributed by atoms with Gasteiger partial charge in [0.15, 0.2) is 0 Å². The zero-order valence-corrected chi connectivity index (χ0v) is 9.26. The van der Waals surface area contributed by atoms with Crippen molar-refractivity contribution < 1.29 is 13.2 Å². The first-order valence-corrected chi connectivity index (χ1v) is 5.13. The van der Waals surface area contributed by atoms with E-state index in [-0.39, 0.29) is 0 Å². The van der Waals surface area contributed by atoms with Crippen LogP contribution in [0.3, 0.4) is 0 Å². The fourth-order valence-corrected chi connectivity index (χ4v) is 1.52. The van der Waals surface area contributed by atoms with E-state index in [1.165, 1.54) is 6.20 Å². The number of hydrogen-bond acceptors (Lipinski definition) is 1. The standard InChI is InChI=1S/C12H7ClF3N/c13-11-3-1-8(2-4-11)9-5-10(7-17-6-9)12(14,15)16/h1-7H. The summed E-state index contributed by atoms with van der Waals surface area (Å²) in [6.45, 7) is 0. The molecule has 88 valence electrons. The Labute approximate surface area is 101 Å². The van der Waals surface area contributed by atoms with Crippen molar-refractivity contribution in [1.29, 1.82) is 0 Å². The first kappa shape index (κ1) is 11.9. The fraction of sp³-hybridized carbons (Fsp3) is 0.0833. The van der Waals surface area contributed by atoms with Crippen LogP contribution in [0.5, 0.6) is 0 Å². The van der Waals surface area contributed by atoms with Gasteiger partial charge in [0.1, 0.15) is 0 Å². The maximum atomic E-state index is 12.5. The molecular formula is C12H7ClF3N. The molecule has 0 spiro atoms. The molecule has 2 rings (SSSR count). The number of halogens is 4. The second-order valence-corrected chi connectivity index (χ2v) is 3.90. The van der Waals surface area contributed by atoms with Crippen LogP contribution in [0, 0.1) is 0 Å². The van der Waals surface area contributed by atoms with Crippen LogP contribution in [0.25, 0.3) is 11.1 Å². The normalized spacial score (nSPS) is 11.5. The maximum Gasteiger partial charge on any atom is 0.417 e. The van der Waals surface area contributed by atoms with Gasteiger partial charge in [0, 0.05) is 23.0 Å². The van der Waals surface area contributed by atoms with E-state index in [1.54, 1.807) is 24.3 Å². The summed E-state index contributed by atoms with van der Waals surface area (Å²) in [5, 5.41) is 0.536. The lowest BCUT2D eigenvalue weighted by molar-refractivity contribution is -0.137. The average Bonchev–Trinajstić information content (AvgIpc) is 2.29. The third kappa shape index (κ3) is 2.77. The van der Waals surface area contributed by atoms with Crippen LogP contribution < -0.4 is 0 Å². The monoisotopic (exact) mass is 257 g/mol. The zero-order valence-electron chi connectivity index (χ0n) is 8.50. The minimum Gasteiger partial charge on any atom is -0.263 e. The summed E-state index contributed by atoms with van der Waals surface area (Å²) in [6, 6.07) is 7.61. The summed E-state index contributed by atoms with van der Waals surface area (Å²) >= 11 is 5.71. The molecule has 0 amide bonds. The molecule has 17 heavy (non-hydrogen) atoms. The predicted octanol–water partition coefficient (Wildman–Crippen LogP) is 4.42. The van der Waals surface area contributed by atoms with E-state index in [9.17, 15) is 13.2 Å². The fourth-order valence-electron chi connectivity index (χ4n) is 1.40. The van der Waals surface area contributed by atoms with Crippen LogP contribution in [0.2, 0.25) is 5.02 Å². The second-order valence-electron chi connectivity index (χ2n) is 3.47. The number of alkyl halides is 3. The van der Waals surface area contributed by atoms with Crippen LogP contribution in [-0.2, 0) is 6.18 Å². The largest absolute Gasteiger partial charge is 0.417 e. The Balaban J connectivity index is 2.43. The van der Waals surface area contributed by atoms with Gasteiger partial charge < -0.3 is 0 Å². The van der Waals surface area contributed by atoms with Crippen molar-refractivity contribution in [2.24, 2.45) is 0 Å². The molecule has 2 aromatic rings. The predicted molar refractivity (Wildman–Crippen MR) is 59.7 cm³/mol. The van der Waals surface area contributed by atoms with Gasteiger partial charge in [0.25, 0.3) is 0 Å². The van der Waals surface area contributed by atoms with Gasteiger partial charge in [-0.05, 0) is 23.8 Å². The lowest BCUT2D eigenvalue weighted by Crippen LogP contribution is -2.05. The van der Waals surface area contributed by atoms with Gasteiger partial charge in [-0.25, -0.2) is 0 Å².